The summed E-state index contributed by atoms with van der Waals surface area (Å²) < 4.78 is 81.9. The van der Waals surface area contributed by atoms with Gasteiger partial charge < -0.3 is 112 Å². The number of hydrogen-bond donors (Lipinski definition) is 7. The maximum absolute atomic E-state index is 12.8. The van der Waals surface area contributed by atoms with Crippen molar-refractivity contribution in [2.75, 3.05) is 105 Å². The zero-order valence-corrected chi connectivity index (χ0v) is 63.0. The summed E-state index contributed by atoms with van der Waals surface area (Å²) in [5, 5.41) is 64.6. The van der Waals surface area contributed by atoms with E-state index in [9.17, 15) is 68.7 Å². The number of phenols is 4. The molecule has 0 spiro atoms. The fraction of sp³-hybridized carbons (Fsp3) is 0.253. The highest BCUT2D eigenvalue weighted by Crippen LogP contribution is 2.44. The minimum absolute atomic E-state index is 0. The first-order chi connectivity index (χ1) is 53.3. The molecule has 2 atom stereocenters. The summed E-state index contributed by atoms with van der Waals surface area (Å²) in [6, 6.07) is 36.4. The number of allylic oxidation sites excluding steroid dienone is 1. The second-order valence-corrected chi connectivity index (χ2v) is 22.5. The Hall–Kier alpha value is -12.7. The van der Waals surface area contributed by atoms with Crippen molar-refractivity contribution in [3.05, 3.63) is 218 Å². The average molecular weight is 1580 g/mol. The van der Waals surface area contributed by atoms with Gasteiger partial charge in [0.1, 0.15) is 110 Å². The van der Waals surface area contributed by atoms with Gasteiger partial charge >= 0.3 is 23.9 Å². The van der Waals surface area contributed by atoms with Crippen LogP contribution < -0.4 is 37.9 Å². The highest BCUT2D eigenvalue weighted by atomic mass is 35.5. The Balaban J connectivity index is 0.000000300. The predicted octanol–water partition coefficient (Wildman–Crippen LogP) is 11.5. The van der Waals surface area contributed by atoms with Gasteiger partial charge in [-0.2, -0.15) is 0 Å². The Morgan fingerprint density at radius 2 is 0.821 bits per heavy atom. The number of carboxylic acid groups (broad SMARTS) is 2. The molecule has 32 nitrogen and oxygen atoms in total. The number of carbonyl (C=O) groups is 9. The molecule has 0 saturated heterocycles. The number of rotatable bonds is 29. The third kappa shape index (κ3) is 27.2. The molecule has 0 saturated carbocycles. The number of ether oxygens (including phenoxy) is 16. The number of phenolic OH excluding ortho intramolecular Hbond substituents is 4. The van der Waals surface area contributed by atoms with Gasteiger partial charge in [-0.05, 0) is 78.2 Å². The first-order valence-corrected chi connectivity index (χ1v) is 32.6. The molecule has 8 aromatic rings. The normalized spacial score (nSPS) is 12.6. The van der Waals surface area contributed by atoms with Gasteiger partial charge in [0.05, 0.1) is 49.3 Å². The number of fused-ring (bicyclic) bond motifs is 2. The number of esters is 2. The van der Waals surface area contributed by atoms with E-state index in [0.29, 0.717) is 62.5 Å². The lowest BCUT2D eigenvalue weighted by molar-refractivity contribution is 0.0436. The molecule has 112 heavy (non-hydrogen) atoms. The second kappa shape index (κ2) is 47.3. The molecule has 33 heteroatoms. The van der Waals surface area contributed by atoms with Crippen molar-refractivity contribution in [2.24, 2.45) is 0 Å². The van der Waals surface area contributed by atoms with Crippen molar-refractivity contribution in [2.45, 2.75) is 32.0 Å². The molecule has 0 amide bonds. The number of carboxylic acids is 2. The van der Waals surface area contributed by atoms with E-state index in [0.717, 1.165) is 13.2 Å². The van der Waals surface area contributed by atoms with Crippen molar-refractivity contribution in [1.29, 1.82) is 0 Å². The summed E-state index contributed by atoms with van der Waals surface area (Å²) in [6.07, 6.45) is 2.20. The number of aromatic hydroxyl groups is 4. The average Bonchev–Trinajstić information content (AvgIpc) is 0.778. The van der Waals surface area contributed by atoms with Crippen LogP contribution in [0.2, 0.25) is 0 Å². The van der Waals surface area contributed by atoms with Gasteiger partial charge in [0.2, 0.25) is 0 Å². The van der Waals surface area contributed by atoms with Crippen molar-refractivity contribution in [3.8, 4) is 69.0 Å². The lowest BCUT2D eigenvalue weighted by atomic mass is 9.94. The van der Waals surface area contributed by atoms with E-state index in [1.165, 1.54) is 137 Å². The number of aliphatic hydroxyl groups excluding tert-OH is 1. The number of ketones is 4. The minimum atomic E-state index is -1.07. The number of carbonyl (C=O) groups excluding carboxylic acids is 7. The smallest absolute Gasteiger partial charge is 0.337 e. The van der Waals surface area contributed by atoms with Crippen LogP contribution in [0.15, 0.2) is 152 Å². The highest BCUT2D eigenvalue weighted by Gasteiger charge is 2.34. The fourth-order valence-corrected chi connectivity index (χ4v) is 10.0. The fourth-order valence-electron chi connectivity index (χ4n) is 10.0. The first kappa shape index (κ1) is 91.7. The van der Waals surface area contributed by atoms with Gasteiger partial charge in [0, 0.05) is 104 Å². The topological polar surface area (TPSA) is 443 Å². The number of methoxy groups -OCH3 is 8. The van der Waals surface area contributed by atoms with Crippen LogP contribution in [-0.4, -0.2) is 194 Å². The molecule has 0 bridgehead atoms. The van der Waals surface area contributed by atoms with Crippen LogP contribution in [0.1, 0.15) is 142 Å². The van der Waals surface area contributed by atoms with E-state index >= 15 is 0 Å². The van der Waals surface area contributed by atoms with Crippen molar-refractivity contribution in [3.63, 3.8) is 0 Å². The quantitative estimate of drug-likeness (QED) is 0.00752. The molecular formula is C79H83ClO32. The number of aromatic carboxylic acids is 2. The third-order valence-corrected chi connectivity index (χ3v) is 14.9. The number of Topliss-reactive ketones (excluding diaryl/α,β-unsaturated/α-hetero) is 3. The summed E-state index contributed by atoms with van der Waals surface area (Å²) in [4.78, 5) is 104. The molecule has 2 heterocycles. The summed E-state index contributed by atoms with van der Waals surface area (Å²) >= 11 is 0. The Morgan fingerprint density at radius 1 is 0.438 bits per heavy atom. The molecular weight excluding hydrogens is 1500 g/mol. The molecule has 0 fully saturated rings. The second-order valence-electron chi connectivity index (χ2n) is 22.5. The van der Waals surface area contributed by atoms with Crippen molar-refractivity contribution >= 4 is 71.8 Å². The van der Waals surface area contributed by atoms with Crippen LogP contribution in [0.3, 0.4) is 0 Å². The number of aldehydes is 1. The number of hydrogen-bond acceptors (Lipinski definition) is 30. The zero-order valence-electron chi connectivity index (χ0n) is 62.1. The molecule has 2 aliphatic heterocycles. The van der Waals surface area contributed by atoms with E-state index in [1.807, 2.05) is 0 Å². The standard InChI is InChI=1S/2C20H20O8.C17H14O6.C12H16O6.C9H8O3.CH4O.ClH/c1-24-10-26-14-7-17(27-11-25-2)19-15(21)9-16(28-18(19)8-14)12-4-3-5-13(6-12)20(22)23;1-25-11-27-15-9-17(22)19(18(10-15)28-12-26-2)16(21)7-6-13-4-3-5-14(8-13)20(23)24;1-22-17(21)10-4-2-3-9(5-10)14-8-13(20)16-12(19)6-11(18)7-15(16)23-14;1-8(13)12-10(14)4-9(17-6-15-2)5-11(12)18-7-16-3;1-12-9(11)8-4-2-3-7(5-8)6-10;1-2;/h3-8,16H,9-11H2,1-2H3,(H,22,23);3-10,22H,11-12H2,1-2H3,(H,23,24);2-7,14,18-19H,8H2,1H3;4-5,14H,6-7H2,1-3H3;2-6H,1H3;2H,1H3;1H/b;7-6+;;;;;. The van der Waals surface area contributed by atoms with Crippen LogP contribution in [0, 0.1) is 0 Å². The van der Waals surface area contributed by atoms with Gasteiger partial charge in [-0.25, -0.2) is 19.2 Å². The van der Waals surface area contributed by atoms with Gasteiger partial charge in [-0.1, -0.05) is 54.6 Å². The summed E-state index contributed by atoms with van der Waals surface area (Å²) in [5.74, 6) is -3.45. The molecule has 0 aromatic heterocycles. The summed E-state index contributed by atoms with van der Waals surface area (Å²) in [7, 11) is 12.4. The number of aliphatic hydroxyl groups is 1. The monoisotopic (exact) mass is 1580 g/mol. The molecule has 2 aliphatic rings. The largest absolute Gasteiger partial charge is 0.508 e. The molecule has 0 aliphatic carbocycles. The van der Waals surface area contributed by atoms with Crippen LogP contribution in [0.25, 0.3) is 6.08 Å². The molecule has 10 rings (SSSR count). The van der Waals surface area contributed by atoms with Crippen LogP contribution in [0.5, 0.6) is 69.0 Å². The van der Waals surface area contributed by atoms with E-state index in [2.05, 4.69) is 9.47 Å². The molecule has 2 unspecified atom stereocenters. The molecule has 8 aromatic carbocycles. The lowest BCUT2D eigenvalue weighted by Crippen LogP contribution is -2.22. The Labute approximate surface area is 647 Å². The molecule has 7 N–H and O–H groups in total. The van der Waals surface area contributed by atoms with Crippen molar-refractivity contribution in [1.82, 2.24) is 0 Å². The maximum Gasteiger partial charge on any atom is 0.337 e. The summed E-state index contributed by atoms with van der Waals surface area (Å²) in [5.41, 5.74) is 3.57. The van der Waals surface area contributed by atoms with E-state index < -0.39 is 41.9 Å². The Kier molecular flexibility index (Phi) is 38.7. The SMILES string of the molecule is CO.COC(=O)c1cccc(C2CC(=O)c3c(O)cc(O)cc3O2)c1.COC(=O)c1cccc(C=O)c1.COCOc1cc(O)c(C(=O)/C=C/c2cccc(C(=O)O)c2)c(OCOC)c1.COCOc1cc(O)c(C(C)=O)c(OCOC)c1.COCOc1cc(OCOC)c2c(c1)OC(c1cccc(C(=O)O)c1)CC2=O.Cl. The van der Waals surface area contributed by atoms with Crippen LogP contribution >= 0.6 is 12.4 Å². The van der Waals surface area contributed by atoms with Crippen LogP contribution in [-0.2, 0) is 37.9 Å². The summed E-state index contributed by atoms with van der Waals surface area (Å²) in [6.45, 7) is 1.12. The predicted molar refractivity (Wildman–Crippen MR) is 399 cm³/mol. The van der Waals surface area contributed by atoms with E-state index in [1.54, 1.807) is 78.9 Å². The third-order valence-electron chi connectivity index (χ3n) is 14.9. The Morgan fingerprint density at radius 3 is 1.29 bits per heavy atom. The van der Waals surface area contributed by atoms with Gasteiger partial charge in [-0.15, -0.1) is 12.4 Å². The van der Waals surface area contributed by atoms with E-state index in [-0.39, 0.29) is 163 Å². The van der Waals surface area contributed by atoms with Crippen molar-refractivity contribution < 1.29 is 155 Å². The van der Waals surface area contributed by atoms with Gasteiger partial charge in [-0.3, -0.25) is 24.0 Å². The number of halogens is 1. The molecule has 598 valence electrons. The van der Waals surface area contributed by atoms with E-state index in [4.69, 9.17) is 76.5 Å². The lowest BCUT2D eigenvalue weighted by Gasteiger charge is -2.27. The number of benzene rings is 8. The van der Waals surface area contributed by atoms with Crippen LogP contribution in [0.4, 0.5) is 0 Å². The zero-order chi connectivity index (χ0) is 81.7. The Bertz CT molecular complexity index is 4550. The minimum Gasteiger partial charge on any atom is -0.508 e. The molecule has 0 radical (unpaired) electrons. The van der Waals surface area contributed by atoms with Gasteiger partial charge in [0.25, 0.3) is 0 Å². The maximum atomic E-state index is 12.8. The van der Waals surface area contributed by atoms with Gasteiger partial charge in [0.15, 0.2) is 63.9 Å². The highest BCUT2D eigenvalue weighted by molar-refractivity contribution is 6.11. The first-order valence-electron chi connectivity index (χ1n) is 32.6.